The number of fused-ring (bicyclic) bond motifs is 2. The lowest BCUT2D eigenvalue weighted by Crippen LogP contribution is -2.12. The van der Waals surface area contributed by atoms with E-state index in [1.165, 1.54) is 25.3 Å². The zero-order valence-electron chi connectivity index (χ0n) is 15.5. The zero-order valence-corrected chi connectivity index (χ0v) is 17.7. The summed E-state index contributed by atoms with van der Waals surface area (Å²) >= 11 is 18.6. The number of hydrogen-bond acceptors (Lipinski definition) is 5. The molecular weight excluding hydrogens is 451 g/mol. The molecule has 30 heavy (non-hydrogen) atoms. The van der Waals surface area contributed by atoms with Crippen LogP contribution in [0.5, 0.6) is 5.75 Å². The molecule has 0 saturated heterocycles. The Kier molecular flexibility index (Phi) is 5.56. The molecule has 1 aliphatic heterocycles. The molecule has 152 valence electrons. The molecule has 4 rings (SSSR count). The molecule has 2 heterocycles. The predicted octanol–water partition coefficient (Wildman–Crippen LogP) is 5.07. The predicted molar refractivity (Wildman–Crippen MR) is 117 cm³/mol. The number of carbonyl (C=O) groups is 1. The third-order valence-electron chi connectivity index (χ3n) is 4.43. The van der Waals surface area contributed by atoms with Gasteiger partial charge in [0.15, 0.2) is 5.82 Å². The standard InChI is InChI=1S/C21H13Cl3N2O4/c1-29-21(28)11-2-3-14-17(7-11)25-19(26-20(14)27)16(24)5-10-4-12-6-13(22)8-15(23)18(12)30-9-10/h2-8H,9H2,1H3,(H,25,26,27). The Bertz CT molecular complexity index is 1310. The third kappa shape index (κ3) is 3.94. The molecular formula is C21H13Cl3N2O4. The van der Waals surface area contributed by atoms with Crippen molar-refractivity contribution < 1.29 is 14.3 Å². The van der Waals surface area contributed by atoms with Crippen molar-refractivity contribution in [2.75, 3.05) is 13.7 Å². The third-order valence-corrected chi connectivity index (χ3v) is 5.21. The summed E-state index contributed by atoms with van der Waals surface area (Å²) in [6, 6.07) is 7.83. The number of nitrogens with zero attached hydrogens (tertiary/aromatic N) is 1. The first-order valence-electron chi connectivity index (χ1n) is 8.68. The number of methoxy groups -OCH3 is 1. The topological polar surface area (TPSA) is 81.3 Å². The van der Waals surface area contributed by atoms with Crippen molar-refractivity contribution in [2.45, 2.75) is 0 Å². The SMILES string of the molecule is COC(=O)c1ccc2c(=O)[nH]c(C(Cl)=CC3=Cc4cc(Cl)cc(Cl)c4OC3)nc2c1. The molecule has 1 aromatic heterocycles. The summed E-state index contributed by atoms with van der Waals surface area (Å²) in [6.07, 6.45) is 3.47. The Labute approximate surface area is 185 Å². The Hall–Kier alpha value is -2.80. The van der Waals surface area contributed by atoms with Gasteiger partial charge >= 0.3 is 5.97 Å². The minimum Gasteiger partial charge on any atom is -0.487 e. The number of esters is 1. The van der Waals surface area contributed by atoms with E-state index in [9.17, 15) is 9.59 Å². The van der Waals surface area contributed by atoms with Crippen LogP contribution in [0.15, 0.2) is 46.8 Å². The van der Waals surface area contributed by atoms with E-state index in [2.05, 4.69) is 9.97 Å². The molecule has 0 unspecified atom stereocenters. The van der Waals surface area contributed by atoms with E-state index >= 15 is 0 Å². The van der Waals surface area contributed by atoms with E-state index < -0.39 is 5.97 Å². The average molecular weight is 464 g/mol. The van der Waals surface area contributed by atoms with Crippen LogP contribution in [-0.2, 0) is 4.74 Å². The maximum absolute atomic E-state index is 12.4. The first-order chi connectivity index (χ1) is 14.4. The Morgan fingerprint density at radius 2 is 2.07 bits per heavy atom. The summed E-state index contributed by atoms with van der Waals surface area (Å²) in [4.78, 5) is 31.2. The Balaban J connectivity index is 1.74. The van der Waals surface area contributed by atoms with E-state index in [1.807, 2.05) is 6.08 Å². The van der Waals surface area contributed by atoms with Crippen molar-refractivity contribution in [3.05, 3.63) is 79.3 Å². The van der Waals surface area contributed by atoms with E-state index in [1.54, 1.807) is 18.2 Å². The van der Waals surface area contributed by atoms with Gasteiger partial charge < -0.3 is 14.5 Å². The molecule has 6 nitrogen and oxygen atoms in total. The second kappa shape index (κ2) is 8.14. The normalized spacial score (nSPS) is 13.5. The first kappa shape index (κ1) is 20.5. The van der Waals surface area contributed by atoms with Crippen molar-refractivity contribution in [1.29, 1.82) is 0 Å². The van der Waals surface area contributed by atoms with Crippen LogP contribution in [0.1, 0.15) is 21.7 Å². The maximum atomic E-state index is 12.4. The summed E-state index contributed by atoms with van der Waals surface area (Å²) in [6.45, 7) is 0.231. The van der Waals surface area contributed by atoms with E-state index in [0.717, 1.165) is 11.1 Å². The fraction of sp³-hybridized carbons (Fsp3) is 0.0952. The van der Waals surface area contributed by atoms with Crippen LogP contribution in [0, 0.1) is 0 Å². The highest BCUT2D eigenvalue weighted by molar-refractivity contribution is 6.48. The molecule has 0 amide bonds. The lowest BCUT2D eigenvalue weighted by atomic mass is 10.1. The van der Waals surface area contributed by atoms with Crippen molar-refractivity contribution in [3.63, 3.8) is 0 Å². The van der Waals surface area contributed by atoms with Gasteiger partial charge in [-0.25, -0.2) is 9.78 Å². The molecule has 0 saturated carbocycles. The molecule has 0 spiro atoms. The molecule has 0 bridgehead atoms. The van der Waals surface area contributed by atoms with E-state index in [-0.39, 0.29) is 28.6 Å². The van der Waals surface area contributed by atoms with Crippen LogP contribution in [-0.4, -0.2) is 29.7 Å². The minimum atomic E-state index is -0.525. The van der Waals surface area contributed by atoms with Crippen LogP contribution < -0.4 is 10.3 Å². The number of rotatable bonds is 3. The fourth-order valence-corrected chi connectivity index (χ4v) is 3.84. The van der Waals surface area contributed by atoms with Crippen LogP contribution in [0.25, 0.3) is 22.0 Å². The molecule has 9 heteroatoms. The molecule has 2 aromatic carbocycles. The van der Waals surface area contributed by atoms with Gasteiger partial charge in [0.05, 0.1) is 33.6 Å². The highest BCUT2D eigenvalue weighted by Crippen LogP contribution is 2.37. The summed E-state index contributed by atoms with van der Waals surface area (Å²) in [5.74, 6) is 0.177. The Morgan fingerprint density at radius 3 is 2.83 bits per heavy atom. The second-order valence-corrected chi connectivity index (χ2v) is 7.70. The fourth-order valence-electron chi connectivity index (χ4n) is 3.05. The van der Waals surface area contributed by atoms with Gasteiger partial charge in [0.25, 0.3) is 5.56 Å². The maximum Gasteiger partial charge on any atom is 0.337 e. The number of aromatic nitrogens is 2. The summed E-state index contributed by atoms with van der Waals surface area (Å²) in [5.41, 5.74) is 1.67. The lowest BCUT2D eigenvalue weighted by molar-refractivity contribution is 0.0601. The van der Waals surface area contributed by atoms with Gasteiger partial charge in [-0.15, -0.1) is 0 Å². The second-order valence-electron chi connectivity index (χ2n) is 6.44. The van der Waals surface area contributed by atoms with Crippen LogP contribution in [0.3, 0.4) is 0 Å². The molecule has 1 N–H and O–H groups in total. The van der Waals surface area contributed by atoms with Crippen LogP contribution in [0.2, 0.25) is 10.0 Å². The van der Waals surface area contributed by atoms with Crippen molar-refractivity contribution in [3.8, 4) is 5.75 Å². The highest BCUT2D eigenvalue weighted by Gasteiger charge is 2.16. The Morgan fingerprint density at radius 1 is 1.27 bits per heavy atom. The number of benzene rings is 2. The number of nitrogens with one attached hydrogen (secondary N) is 1. The molecule has 0 radical (unpaired) electrons. The molecule has 1 aliphatic rings. The largest absolute Gasteiger partial charge is 0.487 e. The smallest absolute Gasteiger partial charge is 0.337 e. The van der Waals surface area contributed by atoms with Crippen molar-refractivity contribution >= 4 is 62.8 Å². The minimum absolute atomic E-state index is 0.159. The van der Waals surface area contributed by atoms with Crippen LogP contribution in [0.4, 0.5) is 0 Å². The summed E-state index contributed by atoms with van der Waals surface area (Å²) < 4.78 is 10.4. The van der Waals surface area contributed by atoms with Gasteiger partial charge in [-0.1, -0.05) is 34.8 Å². The monoisotopic (exact) mass is 462 g/mol. The van der Waals surface area contributed by atoms with E-state index in [4.69, 9.17) is 44.3 Å². The molecule has 3 aromatic rings. The molecule has 0 atom stereocenters. The number of halogens is 3. The van der Waals surface area contributed by atoms with Gasteiger partial charge in [-0.2, -0.15) is 0 Å². The highest BCUT2D eigenvalue weighted by atomic mass is 35.5. The quantitative estimate of drug-likeness (QED) is 0.548. The van der Waals surface area contributed by atoms with Gasteiger partial charge in [-0.3, -0.25) is 4.79 Å². The van der Waals surface area contributed by atoms with Gasteiger partial charge in [0.2, 0.25) is 0 Å². The van der Waals surface area contributed by atoms with Crippen molar-refractivity contribution in [2.24, 2.45) is 0 Å². The lowest BCUT2D eigenvalue weighted by Gasteiger charge is -2.18. The number of aromatic amines is 1. The molecule has 0 aliphatic carbocycles. The molecule has 0 fully saturated rings. The van der Waals surface area contributed by atoms with Gasteiger partial charge in [0.1, 0.15) is 12.4 Å². The number of H-pyrrole nitrogens is 1. The number of hydrogen-bond donors (Lipinski definition) is 1. The average Bonchev–Trinajstić information content (AvgIpc) is 2.72. The number of carbonyl (C=O) groups excluding carboxylic acids is 1. The van der Waals surface area contributed by atoms with Crippen molar-refractivity contribution in [1.82, 2.24) is 9.97 Å². The first-order valence-corrected chi connectivity index (χ1v) is 9.81. The number of ether oxygens (including phenoxy) is 2. The van der Waals surface area contributed by atoms with Gasteiger partial charge in [0, 0.05) is 10.6 Å². The zero-order chi connectivity index (χ0) is 21.4. The van der Waals surface area contributed by atoms with E-state index in [0.29, 0.717) is 26.7 Å². The van der Waals surface area contributed by atoms with Gasteiger partial charge in [-0.05, 0) is 48.1 Å². The summed E-state index contributed by atoms with van der Waals surface area (Å²) in [7, 11) is 1.28. The van der Waals surface area contributed by atoms with Crippen LogP contribution >= 0.6 is 34.8 Å². The summed E-state index contributed by atoms with van der Waals surface area (Å²) in [5, 5.41) is 1.43.